The third kappa shape index (κ3) is 6.29. The van der Waals surface area contributed by atoms with Gasteiger partial charge in [-0.05, 0) is 62.1 Å². The molecule has 0 spiro atoms. The Morgan fingerprint density at radius 2 is 1.43 bits per heavy atom. The third-order valence-electron chi connectivity index (χ3n) is 6.96. The second-order valence-corrected chi connectivity index (χ2v) is 9.56. The molecule has 0 aromatic heterocycles. The normalized spacial score (nSPS) is 24.6. The fourth-order valence-corrected chi connectivity index (χ4v) is 4.97. The summed E-state index contributed by atoms with van der Waals surface area (Å²) in [4.78, 5) is 0. The predicted molar refractivity (Wildman–Crippen MR) is 121 cm³/mol. The van der Waals surface area contributed by atoms with Crippen LogP contribution in [0, 0.1) is 40.9 Å². The van der Waals surface area contributed by atoms with Gasteiger partial charge in [-0.3, -0.25) is 0 Å². The molecule has 37 heavy (non-hydrogen) atoms. The third-order valence-corrected chi connectivity index (χ3v) is 6.96. The Balaban J connectivity index is 1.39. The summed E-state index contributed by atoms with van der Waals surface area (Å²) in [6.45, 7) is 4.91. The van der Waals surface area contributed by atoms with Crippen molar-refractivity contribution >= 4 is 0 Å². The number of rotatable bonds is 8. The molecule has 0 N–H and O–H groups in total. The van der Waals surface area contributed by atoms with E-state index < -0.39 is 46.5 Å². The molecular formula is C27H27F7O3. The topological polar surface area (TPSA) is 27.7 Å². The van der Waals surface area contributed by atoms with Gasteiger partial charge >= 0.3 is 6.11 Å². The summed E-state index contributed by atoms with van der Waals surface area (Å²) in [5.41, 5.74) is -1.48. The summed E-state index contributed by atoms with van der Waals surface area (Å²) in [7, 11) is 0. The highest BCUT2D eigenvalue weighted by atomic mass is 19.3. The maximum atomic E-state index is 14.7. The smallest absolute Gasteiger partial charge is 0.429 e. The van der Waals surface area contributed by atoms with Gasteiger partial charge in [-0.2, -0.15) is 8.78 Å². The molecule has 2 aromatic carbocycles. The first-order chi connectivity index (χ1) is 17.6. The Bertz CT molecular complexity index is 1060. The Kier molecular flexibility index (Phi) is 8.48. The van der Waals surface area contributed by atoms with Crippen LogP contribution in [0.3, 0.4) is 0 Å². The molecule has 0 bridgehead atoms. The van der Waals surface area contributed by atoms with Crippen LogP contribution >= 0.6 is 0 Å². The summed E-state index contributed by atoms with van der Waals surface area (Å²) >= 11 is 0. The van der Waals surface area contributed by atoms with Gasteiger partial charge in [-0.1, -0.05) is 6.08 Å². The Morgan fingerprint density at radius 3 is 1.97 bits per heavy atom. The highest BCUT2D eigenvalue weighted by molar-refractivity contribution is 5.33. The maximum absolute atomic E-state index is 14.7. The SMILES string of the molecule is C=CCCC1COC(C2CCC(c3cc(F)c(C(F)(F)Oc4cc(F)c(F)c(F)c4)c(F)c3)CC2)OC1. The Hall–Kier alpha value is -2.59. The van der Waals surface area contributed by atoms with E-state index in [-0.39, 0.29) is 35.8 Å². The molecule has 1 heterocycles. The molecule has 0 atom stereocenters. The minimum absolute atomic E-state index is 0.125. The van der Waals surface area contributed by atoms with Crippen molar-refractivity contribution in [1.82, 2.24) is 0 Å². The van der Waals surface area contributed by atoms with Crippen LogP contribution in [0.15, 0.2) is 36.9 Å². The first kappa shape index (κ1) is 27.4. The molecular weight excluding hydrogens is 505 g/mol. The summed E-state index contributed by atoms with van der Waals surface area (Å²) in [6.07, 6.45) is 1.22. The van der Waals surface area contributed by atoms with Gasteiger partial charge in [-0.15, -0.1) is 6.58 Å². The highest BCUT2D eigenvalue weighted by Crippen LogP contribution is 2.42. The van der Waals surface area contributed by atoms with Gasteiger partial charge in [0.2, 0.25) is 0 Å². The summed E-state index contributed by atoms with van der Waals surface area (Å²) in [5.74, 6) is -9.51. The predicted octanol–water partition coefficient (Wildman–Crippen LogP) is 7.74. The molecule has 2 fully saturated rings. The van der Waals surface area contributed by atoms with Crippen LogP contribution in [0.25, 0.3) is 0 Å². The van der Waals surface area contributed by atoms with Gasteiger partial charge in [-0.25, -0.2) is 22.0 Å². The quantitative estimate of drug-likeness (QED) is 0.198. The number of hydrogen-bond acceptors (Lipinski definition) is 3. The average molecular weight is 532 g/mol. The van der Waals surface area contributed by atoms with Crippen molar-refractivity contribution in [1.29, 1.82) is 0 Å². The number of allylic oxidation sites excluding steroid dienone is 1. The number of alkyl halides is 2. The fourth-order valence-electron chi connectivity index (χ4n) is 4.97. The van der Waals surface area contributed by atoms with E-state index in [4.69, 9.17) is 9.47 Å². The molecule has 2 aliphatic rings. The minimum atomic E-state index is -4.61. The van der Waals surface area contributed by atoms with Crippen molar-refractivity contribution in [2.24, 2.45) is 11.8 Å². The lowest BCUT2D eigenvalue weighted by Crippen LogP contribution is -2.38. The van der Waals surface area contributed by atoms with Crippen molar-refractivity contribution < 1.29 is 44.9 Å². The largest absolute Gasteiger partial charge is 0.432 e. The average Bonchev–Trinajstić information content (AvgIpc) is 2.85. The number of halogens is 7. The molecule has 2 aromatic rings. The summed E-state index contributed by atoms with van der Waals surface area (Å²) < 4.78 is 114. The van der Waals surface area contributed by atoms with Gasteiger partial charge in [0.05, 0.1) is 13.2 Å². The first-order valence-corrected chi connectivity index (χ1v) is 12.1. The molecule has 4 rings (SSSR count). The number of hydrogen-bond donors (Lipinski definition) is 0. The molecule has 0 radical (unpaired) electrons. The lowest BCUT2D eigenvalue weighted by atomic mass is 9.78. The second kappa shape index (κ2) is 11.4. The lowest BCUT2D eigenvalue weighted by molar-refractivity contribution is -0.229. The van der Waals surface area contributed by atoms with E-state index in [2.05, 4.69) is 11.3 Å². The zero-order valence-corrected chi connectivity index (χ0v) is 19.9. The molecule has 10 heteroatoms. The van der Waals surface area contributed by atoms with Crippen molar-refractivity contribution in [3.8, 4) is 5.75 Å². The molecule has 0 amide bonds. The van der Waals surface area contributed by atoms with E-state index in [0.29, 0.717) is 44.8 Å². The number of benzene rings is 2. The van der Waals surface area contributed by atoms with Crippen LogP contribution in [0.5, 0.6) is 5.75 Å². The Morgan fingerprint density at radius 1 is 0.865 bits per heavy atom. The van der Waals surface area contributed by atoms with E-state index in [1.165, 1.54) is 0 Å². The van der Waals surface area contributed by atoms with E-state index in [1.54, 1.807) is 0 Å². The molecule has 1 saturated heterocycles. The van der Waals surface area contributed by atoms with Crippen molar-refractivity contribution in [2.45, 2.75) is 56.8 Å². The number of ether oxygens (including phenoxy) is 3. The van der Waals surface area contributed by atoms with Gasteiger partial charge in [0, 0.05) is 24.0 Å². The van der Waals surface area contributed by atoms with Gasteiger partial charge < -0.3 is 14.2 Å². The van der Waals surface area contributed by atoms with Crippen molar-refractivity contribution in [2.75, 3.05) is 13.2 Å². The zero-order chi connectivity index (χ0) is 26.7. The van der Waals surface area contributed by atoms with Gasteiger partial charge in [0.25, 0.3) is 0 Å². The molecule has 0 unspecified atom stereocenters. The molecule has 1 saturated carbocycles. The van der Waals surface area contributed by atoms with Crippen LogP contribution in [-0.4, -0.2) is 19.5 Å². The van der Waals surface area contributed by atoms with Crippen LogP contribution in [0.1, 0.15) is 55.6 Å². The second-order valence-electron chi connectivity index (χ2n) is 9.56. The molecule has 1 aliphatic carbocycles. The first-order valence-electron chi connectivity index (χ1n) is 12.1. The van der Waals surface area contributed by atoms with E-state index in [9.17, 15) is 30.7 Å². The zero-order valence-electron chi connectivity index (χ0n) is 19.9. The summed E-state index contributed by atoms with van der Waals surface area (Å²) in [5, 5.41) is 0. The highest BCUT2D eigenvalue weighted by Gasteiger charge is 2.42. The van der Waals surface area contributed by atoms with Crippen LogP contribution in [0.4, 0.5) is 30.7 Å². The van der Waals surface area contributed by atoms with Crippen LogP contribution in [0.2, 0.25) is 0 Å². The van der Waals surface area contributed by atoms with E-state index >= 15 is 0 Å². The fraction of sp³-hybridized carbons (Fsp3) is 0.481. The van der Waals surface area contributed by atoms with Crippen molar-refractivity contribution in [3.05, 3.63) is 77.1 Å². The summed E-state index contributed by atoms with van der Waals surface area (Å²) in [6, 6.07) is 1.97. The minimum Gasteiger partial charge on any atom is -0.429 e. The Labute approximate surface area is 210 Å². The monoisotopic (exact) mass is 532 g/mol. The van der Waals surface area contributed by atoms with Gasteiger partial charge in [0.15, 0.2) is 23.7 Å². The van der Waals surface area contributed by atoms with E-state index in [1.807, 2.05) is 6.08 Å². The standard InChI is InChI=1S/C27H27F7O3/c1-2-3-4-15-13-35-26(36-14-15)17-7-5-16(6-8-17)18-9-20(28)24(21(29)10-18)27(33,34)37-19-11-22(30)25(32)23(31)12-19/h2,9-12,15-17,26H,1,3-8,13-14H2. The molecule has 3 nitrogen and oxygen atoms in total. The van der Waals surface area contributed by atoms with Crippen LogP contribution in [-0.2, 0) is 15.6 Å². The maximum Gasteiger partial charge on any atom is 0.432 e. The molecule has 1 aliphatic heterocycles. The lowest BCUT2D eigenvalue weighted by Gasteiger charge is -2.37. The van der Waals surface area contributed by atoms with Crippen LogP contribution < -0.4 is 4.74 Å². The van der Waals surface area contributed by atoms with E-state index in [0.717, 1.165) is 25.0 Å². The molecule has 202 valence electrons. The van der Waals surface area contributed by atoms with Gasteiger partial charge in [0.1, 0.15) is 22.9 Å². The van der Waals surface area contributed by atoms with Crippen molar-refractivity contribution in [3.63, 3.8) is 0 Å².